The second kappa shape index (κ2) is 11.7. The molecule has 56 heavy (non-hydrogen) atoms. The Morgan fingerprint density at radius 1 is 0.357 bits per heavy atom. The summed E-state index contributed by atoms with van der Waals surface area (Å²) in [5, 5.41) is 13.1. The van der Waals surface area contributed by atoms with Crippen LogP contribution in [0.3, 0.4) is 0 Å². The summed E-state index contributed by atoms with van der Waals surface area (Å²) < 4.78 is 2.74. The Morgan fingerprint density at radius 3 is 1.70 bits per heavy atom. The summed E-state index contributed by atoms with van der Waals surface area (Å²) in [7, 11) is 0. The normalized spacial score (nSPS) is 13.3. The molecule has 0 amide bonds. The third-order valence-electron chi connectivity index (χ3n) is 12.6. The highest BCUT2D eigenvalue weighted by atomic mass is 32.1. The minimum atomic E-state index is -0.147. The zero-order valence-corrected chi connectivity index (χ0v) is 32.0. The maximum absolute atomic E-state index is 2.47. The first-order valence-electron chi connectivity index (χ1n) is 19.6. The Labute approximate surface area is 329 Å². The van der Waals surface area contributed by atoms with Crippen LogP contribution < -0.4 is 0 Å². The van der Waals surface area contributed by atoms with E-state index in [-0.39, 0.29) is 5.41 Å². The van der Waals surface area contributed by atoms with Crippen LogP contribution in [0, 0.1) is 0 Å². The summed E-state index contributed by atoms with van der Waals surface area (Å²) in [4.78, 5) is 0. The molecule has 0 radical (unpaired) electrons. The summed E-state index contributed by atoms with van der Waals surface area (Å²) >= 11 is 1.92. The van der Waals surface area contributed by atoms with Crippen LogP contribution in [0.25, 0.3) is 108 Å². The van der Waals surface area contributed by atoms with Crippen LogP contribution in [0.5, 0.6) is 0 Å². The summed E-state index contributed by atoms with van der Waals surface area (Å²) in [6.07, 6.45) is 0. The number of fused-ring (bicyclic) bond motifs is 12. The molecule has 0 aliphatic heterocycles. The van der Waals surface area contributed by atoms with Gasteiger partial charge < -0.3 is 0 Å². The van der Waals surface area contributed by atoms with Crippen LogP contribution in [0.15, 0.2) is 182 Å². The highest BCUT2D eigenvalue weighted by Crippen LogP contribution is 2.54. The lowest BCUT2D eigenvalue weighted by Gasteiger charge is -2.24. The van der Waals surface area contributed by atoms with Gasteiger partial charge in [0, 0.05) is 25.6 Å². The molecule has 0 unspecified atom stereocenters. The van der Waals surface area contributed by atoms with Crippen LogP contribution in [0.1, 0.15) is 25.0 Å². The monoisotopic (exact) mass is 728 g/mol. The van der Waals surface area contributed by atoms with Gasteiger partial charge in [0.15, 0.2) is 0 Å². The zero-order valence-electron chi connectivity index (χ0n) is 31.2. The van der Waals surface area contributed by atoms with Crippen LogP contribution in [-0.4, -0.2) is 0 Å². The van der Waals surface area contributed by atoms with Gasteiger partial charge in [-0.15, -0.1) is 11.3 Å². The van der Waals surface area contributed by atoms with Crippen molar-refractivity contribution in [2.75, 3.05) is 0 Å². The Balaban J connectivity index is 1.02. The van der Waals surface area contributed by atoms with Gasteiger partial charge in [0.25, 0.3) is 0 Å². The van der Waals surface area contributed by atoms with Crippen molar-refractivity contribution in [3.05, 3.63) is 193 Å². The molecule has 0 atom stereocenters. The fourth-order valence-electron chi connectivity index (χ4n) is 10.1. The standard InChI is InChI=1S/C55H36S/c1-55(2)49-32-35(25-26-38(49)45-27-30-48-46(53(45)55)28-29-47-39-18-9-10-24-50(39)56-54(47)48)34-15-11-16-36(31-34)51-41-19-5-7-21-43(41)52(44-22-8-6-20-42(44)51)40-23-12-14-33-13-3-4-17-37(33)40/h3-32H,1-2H3. The van der Waals surface area contributed by atoms with Gasteiger partial charge in [-0.05, 0) is 117 Å². The van der Waals surface area contributed by atoms with Crippen LogP contribution in [0.4, 0.5) is 0 Å². The Bertz CT molecular complexity index is 3390. The molecule has 1 aliphatic carbocycles. The highest BCUT2D eigenvalue weighted by molar-refractivity contribution is 7.26. The van der Waals surface area contributed by atoms with Crippen molar-refractivity contribution in [3.63, 3.8) is 0 Å². The van der Waals surface area contributed by atoms with E-state index in [0.717, 1.165) is 0 Å². The first-order valence-corrected chi connectivity index (χ1v) is 20.4. The van der Waals surface area contributed by atoms with E-state index >= 15 is 0 Å². The van der Waals surface area contributed by atoms with E-state index in [1.165, 1.54) is 119 Å². The minimum Gasteiger partial charge on any atom is -0.135 e. The molecule has 0 saturated heterocycles. The van der Waals surface area contributed by atoms with E-state index in [1.807, 2.05) is 11.3 Å². The predicted molar refractivity (Wildman–Crippen MR) is 243 cm³/mol. The van der Waals surface area contributed by atoms with E-state index < -0.39 is 0 Å². The van der Waals surface area contributed by atoms with Gasteiger partial charge in [-0.1, -0.05) is 178 Å². The molecule has 1 heteroatoms. The van der Waals surface area contributed by atoms with Crippen molar-refractivity contribution in [2.24, 2.45) is 0 Å². The van der Waals surface area contributed by atoms with Gasteiger partial charge in [0.05, 0.1) is 0 Å². The van der Waals surface area contributed by atoms with Crippen molar-refractivity contribution in [2.45, 2.75) is 19.3 Å². The van der Waals surface area contributed by atoms with Crippen molar-refractivity contribution in [1.82, 2.24) is 0 Å². The van der Waals surface area contributed by atoms with Gasteiger partial charge in [0.2, 0.25) is 0 Å². The summed E-state index contributed by atoms with van der Waals surface area (Å²) in [5.41, 5.74) is 13.0. The first kappa shape index (κ1) is 31.8. The molecule has 0 spiro atoms. The Kier molecular flexibility index (Phi) is 6.66. The summed E-state index contributed by atoms with van der Waals surface area (Å²) in [5.74, 6) is 0. The molecule has 1 heterocycles. The second-order valence-electron chi connectivity index (χ2n) is 16.0. The van der Waals surface area contributed by atoms with Crippen molar-refractivity contribution >= 4 is 74.6 Å². The predicted octanol–water partition coefficient (Wildman–Crippen LogP) is 16.0. The van der Waals surface area contributed by atoms with Crippen LogP contribution in [0.2, 0.25) is 0 Å². The van der Waals surface area contributed by atoms with E-state index in [1.54, 1.807) is 0 Å². The smallest absolute Gasteiger partial charge is 0.0433 e. The number of thiophene rings is 1. The van der Waals surface area contributed by atoms with Gasteiger partial charge in [-0.3, -0.25) is 0 Å². The van der Waals surface area contributed by atoms with E-state index in [9.17, 15) is 0 Å². The Hall–Kier alpha value is -6.54. The average molecular weight is 729 g/mol. The fraction of sp³-hybridized carbons (Fsp3) is 0.0545. The fourth-order valence-corrected chi connectivity index (χ4v) is 11.4. The minimum absolute atomic E-state index is 0.147. The van der Waals surface area contributed by atoms with E-state index in [4.69, 9.17) is 0 Å². The molecule has 0 fully saturated rings. The SMILES string of the molecule is CC1(C)c2cc(-c3cccc(-c4c5ccccc5c(-c5cccc6ccccc56)c5ccccc45)c3)ccc2-c2ccc3c(ccc4c5ccccc5sc34)c21. The van der Waals surface area contributed by atoms with Gasteiger partial charge in [-0.25, -0.2) is 0 Å². The number of hydrogen-bond donors (Lipinski definition) is 0. The van der Waals surface area contributed by atoms with Gasteiger partial charge in [-0.2, -0.15) is 0 Å². The van der Waals surface area contributed by atoms with Crippen molar-refractivity contribution < 1.29 is 0 Å². The zero-order chi connectivity index (χ0) is 37.1. The van der Waals surface area contributed by atoms with E-state index in [0.29, 0.717) is 0 Å². The first-order chi connectivity index (χ1) is 27.5. The van der Waals surface area contributed by atoms with Gasteiger partial charge >= 0.3 is 0 Å². The second-order valence-corrected chi connectivity index (χ2v) is 17.0. The molecule has 1 aromatic heterocycles. The highest BCUT2D eigenvalue weighted by Gasteiger charge is 2.37. The van der Waals surface area contributed by atoms with Crippen LogP contribution in [-0.2, 0) is 5.41 Å². The molecule has 0 bridgehead atoms. The average Bonchev–Trinajstić information content (AvgIpc) is 3.74. The van der Waals surface area contributed by atoms with Crippen molar-refractivity contribution in [1.29, 1.82) is 0 Å². The summed E-state index contributed by atoms with van der Waals surface area (Å²) in [6.45, 7) is 4.84. The van der Waals surface area contributed by atoms with Crippen LogP contribution >= 0.6 is 11.3 Å². The van der Waals surface area contributed by atoms with E-state index in [2.05, 4.69) is 196 Å². The Morgan fingerprint density at radius 2 is 0.911 bits per heavy atom. The molecular weight excluding hydrogens is 693 g/mol. The number of benzene rings is 10. The molecule has 0 nitrogen and oxygen atoms in total. The van der Waals surface area contributed by atoms with Gasteiger partial charge in [0.1, 0.15) is 0 Å². The molecular formula is C55H36S. The molecule has 262 valence electrons. The third kappa shape index (κ3) is 4.41. The molecule has 10 aromatic carbocycles. The lowest BCUT2D eigenvalue weighted by atomic mass is 9.79. The lowest BCUT2D eigenvalue weighted by Crippen LogP contribution is -2.15. The lowest BCUT2D eigenvalue weighted by molar-refractivity contribution is 0.666. The number of rotatable bonds is 3. The summed E-state index contributed by atoms with van der Waals surface area (Å²) in [6, 6.07) is 68.2. The quantitative estimate of drug-likeness (QED) is 0.159. The molecule has 11 aromatic rings. The van der Waals surface area contributed by atoms with Crippen molar-refractivity contribution in [3.8, 4) is 44.5 Å². The molecule has 12 rings (SSSR count). The topological polar surface area (TPSA) is 0 Å². The molecule has 0 N–H and O–H groups in total. The largest absolute Gasteiger partial charge is 0.135 e. The molecule has 1 aliphatic rings. The maximum Gasteiger partial charge on any atom is 0.0433 e. The molecule has 0 saturated carbocycles. The third-order valence-corrected chi connectivity index (χ3v) is 13.8. The number of hydrogen-bond acceptors (Lipinski definition) is 1. The maximum atomic E-state index is 2.47.